The van der Waals surface area contributed by atoms with E-state index in [4.69, 9.17) is 10.5 Å². The van der Waals surface area contributed by atoms with Gasteiger partial charge in [0, 0.05) is 34.7 Å². The molecule has 1 unspecified atom stereocenters. The predicted molar refractivity (Wildman–Crippen MR) is 133 cm³/mol. The van der Waals surface area contributed by atoms with Crippen molar-refractivity contribution < 1.29 is 14.1 Å². The highest BCUT2D eigenvalue weighted by Gasteiger charge is 2.23. The third-order valence-corrected chi connectivity index (χ3v) is 7.62. The fraction of sp³-hybridized carbons (Fsp3) is 0.320. The summed E-state index contributed by atoms with van der Waals surface area (Å²) in [6, 6.07) is 12.5. The number of nitrogens with zero attached hydrogens (tertiary/aromatic N) is 1. The fourth-order valence-electron chi connectivity index (χ4n) is 4.58. The maximum Gasteiger partial charge on any atom is 0.250 e. The lowest BCUT2D eigenvalue weighted by Gasteiger charge is -2.29. The van der Waals surface area contributed by atoms with Crippen molar-refractivity contribution in [3.8, 4) is 11.1 Å². The Morgan fingerprint density at radius 2 is 2.09 bits per heavy atom. The van der Waals surface area contributed by atoms with Crippen molar-refractivity contribution >= 4 is 39.4 Å². The number of carbonyl (C=O) groups is 1. The Morgan fingerprint density at radius 1 is 1.27 bits per heavy atom. The molecule has 1 amide bonds. The van der Waals surface area contributed by atoms with E-state index < -0.39 is 17.3 Å². The SMILES string of the molecule is Cc1c(NC2COC2)cccc1-c1ccc(C(N)=O)c2[nH]c(C3=CCN([S+](C)[O-])CC3)cc12. The molecule has 3 aromatic rings. The number of hydrogen-bond donors (Lipinski definition) is 3. The molecule has 2 aliphatic rings. The second-order valence-corrected chi connectivity index (χ2v) is 10.0. The maximum absolute atomic E-state index is 12.2. The molecule has 2 aromatic carbocycles. The number of primary amides is 1. The number of nitrogens with one attached hydrogen (secondary N) is 2. The van der Waals surface area contributed by atoms with E-state index in [-0.39, 0.29) is 0 Å². The Kier molecular flexibility index (Phi) is 5.92. The molecule has 1 fully saturated rings. The third kappa shape index (κ3) is 4.15. The molecular weight excluding hydrogens is 436 g/mol. The van der Waals surface area contributed by atoms with E-state index in [1.807, 2.05) is 10.4 Å². The summed E-state index contributed by atoms with van der Waals surface area (Å²) in [6.07, 6.45) is 4.60. The fourth-order valence-corrected chi connectivity index (χ4v) is 5.22. The van der Waals surface area contributed by atoms with Crippen molar-refractivity contribution in [1.29, 1.82) is 0 Å². The van der Waals surface area contributed by atoms with Gasteiger partial charge >= 0.3 is 0 Å². The van der Waals surface area contributed by atoms with E-state index in [0.717, 1.165) is 70.7 Å². The van der Waals surface area contributed by atoms with Crippen LogP contribution >= 0.6 is 0 Å². The number of hydrogen-bond acceptors (Lipinski definition) is 5. The zero-order valence-electron chi connectivity index (χ0n) is 18.8. The van der Waals surface area contributed by atoms with Gasteiger partial charge in [-0.2, -0.15) is 0 Å². The first kappa shape index (κ1) is 22.0. The molecule has 2 aliphatic heterocycles. The van der Waals surface area contributed by atoms with Crippen LogP contribution in [-0.4, -0.2) is 58.4 Å². The van der Waals surface area contributed by atoms with E-state index >= 15 is 0 Å². The molecule has 5 rings (SSSR count). The number of nitrogens with two attached hydrogens (primary N) is 1. The lowest BCUT2D eigenvalue weighted by molar-refractivity contribution is 0.0211. The molecule has 0 saturated carbocycles. The molecule has 4 N–H and O–H groups in total. The molecule has 1 saturated heterocycles. The normalized spacial score (nSPS) is 18.1. The minimum Gasteiger partial charge on any atom is -0.598 e. The van der Waals surface area contributed by atoms with E-state index in [2.05, 4.69) is 47.6 Å². The van der Waals surface area contributed by atoms with E-state index in [1.54, 1.807) is 12.3 Å². The summed E-state index contributed by atoms with van der Waals surface area (Å²) >= 11 is -0.979. The number of ether oxygens (including phenoxy) is 1. The average molecular weight is 465 g/mol. The van der Waals surface area contributed by atoms with Gasteiger partial charge in [0.25, 0.3) is 5.91 Å². The van der Waals surface area contributed by atoms with Gasteiger partial charge in [-0.05, 0) is 53.8 Å². The van der Waals surface area contributed by atoms with E-state index in [1.165, 1.54) is 0 Å². The highest BCUT2D eigenvalue weighted by molar-refractivity contribution is 7.88. The van der Waals surface area contributed by atoms with Crippen molar-refractivity contribution in [2.45, 2.75) is 19.4 Å². The van der Waals surface area contributed by atoms with Gasteiger partial charge in [-0.25, -0.2) is 0 Å². The second-order valence-electron chi connectivity index (χ2n) is 8.64. The number of aromatic amines is 1. The molecule has 3 heterocycles. The summed E-state index contributed by atoms with van der Waals surface area (Å²) in [4.78, 5) is 15.6. The van der Waals surface area contributed by atoms with Gasteiger partial charge in [0.15, 0.2) is 0 Å². The van der Waals surface area contributed by atoms with Crippen molar-refractivity contribution in [3.63, 3.8) is 0 Å². The van der Waals surface area contributed by atoms with Gasteiger partial charge in [-0.1, -0.05) is 24.3 Å². The first-order chi connectivity index (χ1) is 15.9. The van der Waals surface area contributed by atoms with Gasteiger partial charge in [-0.15, -0.1) is 4.31 Å². The van der Waals surface area contributed by atoms with Crippen molar-refractivity contribution in [1.82, 2.24) is 9.29 Å². The molecule has 172 valence electrons. The van der Waals surface area contributed by atoms with Crippen molar-refractivity contribution in [2.24, 2.45) is 5.73 Å². The van der Waals surface area contributed by atoms with Crippen LogP contribution in [0.5, 0.6) is 0 Å². The quantitative estimate of drug-likeness (QED) is 0.485. The summed E-state index contributed by atoms with van der Waals surface area (Å²) in [7, 11) is 0. The standard InChI is InChI=1S/C25H28N4O3S/c1-15-18(4-3-5-22(15)27-17-13-32-14-17)19-6-7-20(25(26)30)24-21(19)12-23(28-24)16-8-10-29(11-9-16)33(2)31/h3-8,12,17,27-28H,9-11,13-14H2,1-2H3,(H2,26,30). The summed E-state index contributed by atoms with van der Waals surface area (Å²) in [5, 5.41) is 4.53. The van der Waals surface area contributed by atoms with Crippen LogP contribution in [-0.2, 0) is 16.1 Å². The Labute approximate surface area is 196 Å². The molecule has 8 heteroatoms. The minimum absolute atomic E-state index is 0.338. The minimum atomic E-state index is -0.979. The van der Waals surface area contributed by atoms with E-state index in [9.17, 15) is 9.35 Å². The number of benzene rings is 2. The molecule has 1 atom stereocenters. The summed E-state index contributed by atoms with van der Waals surface area (Å²) in [6.45, 7) is 4.93. The van der Waals surface area contributed by atoms with Gasteiger partial charge in [0.1, 0.15) is 6.26 Å². The van der Waals surface area contributed by atoms with Crippen molar-refractivity contribution in [3.05, 3.63) is 59.3 Å². The number of anilines is 1. The Hall–Kier alpha value is -2.78. The lowest BCUT2D eigenvalue weighted by atomic mass is 9.94. The molecule has 0 aliphatic carbocycles. The number of amides is 1. The molecule has 0 radical (unpaired) electrons. The van der Waals surface area contributed by atoms with Gasteiger partial charge < -0.3 is 25.3 Å². The largest absolute Gasteiger partial charge is 0.598 e. The lowest BCUT2D eigenvalue weighted by Crippen LogP contribution is -2.40. The first-order valence-corrected chi connectivity index (χ1v) is 12.6. The zero-order chi connectivity index (χ0) is 23.1. The Balaban J connectivity index is 1.59. The molecule has 0 spiro atoms. The predicted octanol–water partition coefficient (Wildman–Crippen LogP) is 3.44. The average Bonchev–Trinajstić information content (AvgIpc) is 3.22. The third-order valence-electron chi connectivity index (χ3n) is 6.56. The smallest absolute Gasteiger partial charge is 0.250 e. The Morgan fingerprint density at radius 3 is 2.73 bits per heavy atom. The topological polar surface area (TPSA) is 106 Å². The molecule has 7 nitrogen and oxygen atoms in total. The number of carbonyl (C=O) groups excluding carboxylic acids is 1. The Bertz CT molecular complexity index is 1250. The molecule has 0 bridgehead atoms. The molecule has 33 heavy (non-hydrogen) atoms. The first-order valence-electron chi connectivity index (χ1n) is 11.1. The number of aromatic nitrogens is 1. The van der Waals surface area contributed by atoms with Crippen LogP contribution in [0.15, 0.2) is 42.5 Å². The van der Waals surface area contributed by atoms with Crippen LogP contribution in [0.2, 0.25) is 0 Å². The number of fused-ring (bicyclic) bond motifs is 1. The van der Waals surface area contributed by atoms with Gasteiger partial charge in [0.05, 0.1) is 36.9 Å². The summed E-state index contributed by atoms with van der Waals surface area (Å²) in [5.41, 5.74) is 13.5. The zero-order valence-corrected chi connectivity index (χ0v) is 19.6. The summed E-state index contributed by atoms with van der Waals surface area (Å²) < 4.78 is 19.0. The van der Waals surface area contributed by atoms with Gasteiger partial charge in [0.2, 0.25) is 0 Å². The second kappa shape index (κ2) is 8.87. The highest BCUT2D eigenvalue weighted by Crippen LogP contribution is 2.37. The molecule has 1 aromatic heterocycles. The van der Waals surface area contributed by atoms with Crippen LogP contribution in [0.3, 0.4) is 0 Å². The highest BCUT2D eigenvalue weighted by atomic mass is 32.2. The monoisotopic (exact) mass is 464 g/mol. The van der Waals surface area contributed by atoms with Crippen LogP contribution in [0.25, 0.3) is 27.6 Å². The number of rotatable bonds is 6. The van der Waals surface area contributed by atoms with Crippen LogP contribution in [0.4, 0.5) is 5.69 Å². The molecular formula is C25H28N4O3S. The van der Waals surface area contributed by atoms with Gasteiger partial charge in [-0.3, -0.25) is 4.79 Å². The van der Waals surface area contributed by atoms with Crippen LogP contribution in [0.1, 0.15) is 28.0 Å². The van der Waals surface area contributed by atoms with Crippen LogP contribution in [0, 0.1) is 6.92 Å². The van der Waals surface area contributed by atoms with E-state index in [0.29, 0.717) is 18.2 Å². The van der Waals surface area contributed by atoms with Crippen LogP contribution < -0.4 is 11.1 Å². The van der Waals surface area contributed by atoms with Crippen molar-refractivity contribution in [2.75, 3.05) is 37.9 Å². The number of H-pyrrole nitrogens is 1. The summed E-state index contributed by atoms with van der Waals surface area (Å²) in [5.74, 6) is -0.456. The maximum atomic E-state index is 12.2.